The lowest BCUT2D eigenvalue weighted by atomic mass is 10.1. The van der Waals surface area contributed by atoms with Crippen molar-refractivity contribution >= 4 is 23.2 Å². The van der Waals surface area contributed by atoms with Crippen molar-refractivity contribution in [3.05, 3.63) is 92.3 Å². The van der Waals surface area contributed by atoms with E-state index in [9.17, 15) is 25.0 Å². The summed E-state index contributed by atoms with van der Waals surface area (Å²) in [6.07, 6.45) is 2.24. The second-order valence-electron chi connectivity index (χ2n) is 7.16. The van der Waals surface area contributed by atoms with E-state index in [1.807, 2.05) is 0 Å². The summed E-state index contributed by atoms with van der Waals surface area (Å²) in [5.74, 6) is -0.0869. The van der Waals surface area contributed by atoms with Crippen LogP contribution in [0, 0.1) is 20.2 Å². The van der Waals surface area contributed by atoms with Crippen molar-refractivity contribution in [2.45, 2.75) is 13.2 Å². The molecule has 1 aliphatic heterocycles. The number of pyridine rings is 1. The van der Waals surface area contributed by atoms with Gasteiger partial charge in [0.05, 0.1) is 28.6 Å². The van der Waals surface area contributed by atoms with Crippen LogP contribution in [0.5, 0.6) is 17.2 Å². The molecule has 0 N–H and O–H groups in total. The molecule has 0 radical (unpaired) electrons. The van der Waals surface area contributed by atoms with E-state index in [0.29, 0.717) is 11.1 Å². The third-order valence-corrected chi connectivity index (χ3v) is 4.92. The Balaban J connectivity index is 1.65. The first-order chi connectivity index (χ1) is 16.8. The van der Waals surface area contributed by atoms with Gasteiger partial charge < -0.3 is 14.2 Å². The van der Waals surface area contributed by atoms with Crippen LogP contribution in [0.1, 0.15) is 24.3 Å². The van der Waals surface area contributed by atoms with Crippen molar-refractivity contribution in [1.82, 2.24) is 9.99 Å². The minimum Gasteiger partial charge on any atom is -0.493 e. The molecule has 0 unspecified atom stereocenters. The Labute approximate surface area is 197 Å². The van der Waals surface area contributed by atoms with Gasteiger partial charge in [-0.2, -0.15) is 5.01 Å². The minimum absolute atomic E-state index is 0.106. The number of hydrogen-bond acceptors (Lipinski definition) is 10. The Morgan fingerprint density at radius 1 is 1.06 bits per heavy atom. The highest BCUT2D eigenvalue weighted by Gasteiger charge is 2.34. The molecule has 1 aliphatic rings. The van der Waals surface area contributed by atoms with Gasteiger partial charge in [-0.1, -0.05) is 0 Å². The molecule has 1 amide bonds. The summed E-state index contributed by atoms with van der Waals surface area (Å²) in [6, 6.07) is 11.1. The van der Waals surface area contributed by atoms with E-state index in [1.54, 1.807) is 30.6 Å². The zero-order valence-corrected chi connectivity index (χ0v) is 18.4. The standard InChI is InChI=1S/C22H17N5O8/c1-13(28)25-22(35-21(24-25)15-4-3-9-23-12-15)14-5-7-19(20(10-14)33-2)34-18-8-6-16(26(29)30)11-17(18)27(31)32/h3-12,22H,1-2H3/t22-/m1/s1. The van der Waals surface area contributed by atoms with E-state index in [-0.39, 0.29) is 29.1 Å². The van der Waals surface area contributed by atoms with Crippen molar-refractivity contribution in [3.8, 4) is 17.2 Å². The van der Waals surface area contributed by atoms with Crippen LogP contribution in [-0.2, 0) is 9.53 Å². The van der Waals surface area contributed by atoms with E-state index >= 15 is 0 Å². The Morgan fingerprint density at radius 3 is 2.46 bits per heavy atom. The summed E-state index contributed by atoms with van der Waals surface area (Å²) in [7, 11) is 1.37. The maximum atomic E-state index is 12.2. The smallest absolute Gasteiger partial charge is 0.318 e. The number of nitro groups is 2. The first kappa shape index (κ1) is 23.1. The van der Waals surface area contributed by atoms with E-state index in [4.69, 9.17) is 14.2 Å². The van der Waals surface area contributed by atoms with Gasteiger partial charge in [0.15, 0.2) is 11.5 Å². The zero-order valence-electron chi connectivity index (χ0n) is 18.4. The average Bonchev–Trinajstić information content (AvgIpc) is 3.31. The molecule has 3 aromatic rings. The third-order valence-electron chi connectivity index (χ3n) is 4.92. The molecule has 0 bridgehead atoms. The quantitative estimate of drug-likeness (QED) is 0.361. The molecule has 0 fully saturated rings. The Bertz CT molecular complexity index is 1340. The molecule has 0 saturated carbocycles. The van der Waals surface area contributed by atoms with Gasteiger partial charge in [0.2, 0.25) is 23.8 Å². The van der Waals surface area contributed by atoms with Gasteiger partial charge in [-0.3, -0.25) is 30.0 Å². The van der Waals surface area contributed by atoms with Crippen LogP contribution < -0.4 is 9.47 Å². The Morgan fingerprint density at radius 2 is 1.83 bits per heavy atom. The number of rotatable bonds is 7. The van der Waals surface area contributed by atoms with Crippen molar-refractivity contribution in [2.75, 3.05) is 7.11 Å². The molecule has 0 aliphatic carbocycles. The number of amides is 1. The van der Waals surface area contributed by atoms with Crippen molar-refractivity contribution < 1.29 is 28.9 Å². The summed E-state index contributed by atoms with van der Waals surface area (Å²) in [6.45, 7) is 1.34. The van der Waals surface area contributed by atoms with Crippen LogP contribution in [0.4, 0.5) is 11.4 Å². The molecular weight excluding hydrogens is 462 g/mol. The predicted molar refractivity (Wildman–Crippen MR) is 120 cm³/mol. The van der Waals surface area contributed by atoms with Gasteiger partial charge in [-0.05, 0) is 36.4 Å². The number of carbonyl (C=O) groups excluding carboxylic acids is 1. The number of hydrogen-bond donors (Lipinski definition) is 0. The first-order valence-corrected chi connectivity index (χ1v) is 10.0. The maximum Gasteiger partial charge on any atom is 0.318 e. The molecule has 0 saturated heterocycles. The van der Waals surface area contributed by atoms with Gasteiger partial charge in [-0.25, -0.2) is 0 Å². The number of ether oxygens (including phenoxy) is 3. The van der Waals surface area contributed by atoms with Crippen molar-refractivity contribution in [2.24, 2.45) is 5.10 Å². The third kappa shape index (κ3) is 4.68. The van der Waals surface area contributed by atoms with Crippen LogP contribution in [0.2, 0.25) is 0 Å². The molecule has 4 rings (SSSR count). The minimum atomic E-state index is -0.903. The number of non-ortho nitro benzene ring substituents is 1. The van der Waals surface area contributed by atoms with E-state index in [0.717, 1.165) is 18.2 Å². The van der Waals surface area contributed by atoms with Crippen LogP contribution >= 0.6 is 0 Å². The topological polar surface area (TPSA) is 160 Å². The fourth-order valence-corrected chi connectivity index (χ4v) is 3.28. The molecule has 178 valence electrons. The number of nitrogens with zero attached hydrogens (tertiary/aromatic N) is 5. The maximum absolute atomic E-state index is 12.2. The van der Waals surface area contributed by atoms with Crippen LogP contribution in [0.3, 0.4) is 0 Å². The molecule has 0 spiro atoms. The number of benzene rings is 2. The van der Waals surface area contributed by atoms with Crippen LogP contribution in [0.15, 0.2) is 66.0 Å². The SMILES string of the molecule is COc1cc([C@H]2OC(c3cccnc3)=NN2C(C)=O)ccc1Oc1ccc([N+](=O)[O-])cc1[N+](=O)[O-]. The van der Waals surface area contributed by atoms with Crippen molar-refractivity contribution in [1.29, 1.82) is 0 Å². The highest BCUT2D eigenvalue weighted by molar-refractivity contribution is 5.96. The van der Waals surface area contributed by atoms with Gasteiger partial charge >= 0.3 is 5.69 Å². The number of aromatic nitrogens is 1. The summed E-state index contributed by atoms with van der Waals surface area (Å²) in [5, 5.41) is 27.8. The number of hydrazone groups is 1. The largest absolute Gasteiger partial charge is 0.493 e. The highest BCUT2D eigenvalue weighted by Crippen LogP contribution is 2.40. The lowest BCUT2D eigenvalue weighted by Gasteiger charge is -2.20. The monoisotopic (exact) mass is 479 g/mol. The molecule has 2 aromatic carbocycles. The second-order valence-corrected chi connectivity index (χ2v) is 7.16. The molecular formula is C22H17N5O8. The Kier molecular flexibility index (Phi) is 6.22. The van der Waals surface area contributed by atoms with E-state index < -0.39 is 27.4 Å². The average molecular weight is 479 g/mol. The fourth-order valence-electron chi connectivity index (χ4n) is 3.28. The summed E-state index contributed by atoms with van der Waals surface area (Å²) in [4.78, 5) is 37.1. The zero-order chi connectivity index (χ0) is 25.1. The first-order valence-electron chi connectivity index (χ1n) is 10.0. The van der Waals surface area contributed by atoms with E-state index in [1.165, 1.54) is 31.2 Å². The summed E-state index contributed by atoms with van der Waals surface area (Å²) in [5.41, 5.74) is 0.0455. The van der Waals surface area contributed by atoms with Gasteiger partial charge in [-0.15, -0.1) is 5.10 Å². The molecule has 35 heavy (non-hydrogen) atoms. The molecule has 1 atom stereocenters. The second kappa shape index (κ2) is 9.43. The number of methoxy groups -OCH3 is 1. The molecule has 13 nitrogen and oxygen atoms in total. The molecule has 2 heterocycles. The summed E-state index contributed by atoms with van der Waals surface area (Å²) >= 11 is 0. The Hall–Kier alpha value is -5.07. The van der Waals surface area contributed by atoms with Crippen LogP contribution in [0.25, 0.3) is 0 Å². The van der Waals surface area contributed by atoms with Crippen molar-refractivity contribution in [3.63, 3.8) is 0 Å². The van der Waals surface area contributed by atoms with Gasteiger partial charge in [0.25, 0.3) is 5.69 Å². The highest BCUT2D eigenvalue weighted by atomic mass is 16.6. The lowest BCUT2D eigenvalue weighted by molar-refractivity contribution is -0.394. The molecule has 13 heteroatoms. The molecule has 1 aromatic heterocycles. The lowest BCUT2D eigenvalue weighted by Crippen LogP contribution is -2.25. The normalized spacial score (nSPS) is 14.6. The van der Waals surface area contributed by atoms with Gasteiger partial charge in [0, 0.05) is 30.9 Å². The van der Waals surface area contributed by atoms with E-state index in [2.05, 4.69) is 10.1 Å². The number of carbonyl (C=O) groups is 1. The van der Waals surface area contributed by atoms with Crippen LogP contribution in [-0.4, -0.2) is 38.8 Å². The number of nitro benzene ring substituents is 2. The predicted octanol–water partition coefficient (Wildman–Crippen LogP) is 3.94. The van der Waals surface area contributed by atoms with Gasteiger partial charge in [0.1, 0.15) is 0 Å². The fraction of sp³-hybridized carbons (Fsp3) is 0.136. The summed E-state index contributed by atoms with van der Waals surface area (Å²) < 4.78 is 17.0.